The van der Waals surface area contributed by atoms with Crippen LogP contribution in [0, 0.1) is 5.92 Å². The lowest BCUT2D eigenvalue weighted by molar-refractivity contribution is -0.127. The largest absolute Gasteiger partial charge is 0.339 e. The molecule has 0 saturated carbocycles. The van der Waals surface area contributed by atoms with Crippen molar-refractivity contribution in [3.05, 3.63) is 29.5 Å². The van der Waals surface area contributed by atoms with Crippen LogP contribution >= 0.6 is 11.3 Å². The van der Waals surface area contributed by atoms with Crippen LogP contribution in [-0.2, 0) is 4.79 Å². The first-order valence-corrected chi connectivity index (χ1v) is 7.49. The molecule has 2 aromatic rings. The number of imidazole rings is 1. The van der Waals surface area contributed by atoms with Crippen LogP contribution in [0.1, 0.15) is 25.5 Å². The molecular formula is C14H17N3OS. The normalized spacial score (nSPS) is 20.5. The summed E-state index contributed by atoms with van der Waals surface area (Å²) in [6, 6.07) is 0. The van der Waals surface area contributed by atoms with Crippen molar-refractivity contribution in [3.8, 4) is 0 Å². The van der Waals surface area contributed by atoms with Gasteiger partial charge in [-0.05, 0) is 24.8 Å². The van der Waals surface area contributed by atoms with Crippen molar-refractivity contribution in [2.45, 2.75) is 19.8 Å². The summed E-state index contributed by atoms with van der Waals surface area (Å²) in [6.07, 6.45) is 9.63. The van der Waals surface area contributed by atoms with Crippen LogP contribution in [0.25, 0.3) is 11.0 Å². The quantitative estimate of drug-likeness (QED) is 0.790. The summed E-state index contributed by atoms with van der Waals surface area (Å²) in [7, 11) is 0. The van der Waals surface area contributed by atoms with Crippen molar-refractivity contribution >= 4 is 28.3 Å². The number of carbonyl (C=O) groups is 1. The molecule has 0 N–H and O–H groups in total. The number of nitrogens with zero attached hydrogens (tertiary/aromatic N) is 3. The predicted octanol–water partition coefficient (Wildman–Crippen LogP) is 2.67. The lowest BCUT2D eigenvalue weighted by Gasteiger charge is -2.30. The van der Waals surface area contributed by atoms with E-state index >= 15 is 0 Å². The maximum atomic E-state index is 12.1. The van der Waals surface area contributed by atoms with Gasteiger partial charge in [-0.2, -0.15) is 0 Å². The monoisotopic (exact) mass is 275 g/mol. The number of amides is 1. The second kappa shape index (κ2) is 5.17. The summed E-state index contributed by atoms with van der Waals surface area (Å²) in [5.41, 5.74) is 0.953. The first kappa shape index (κ1) is 12.4. The number of carbonyl (C=O) groups excluding carboxylic acids is 1. The van der Waals surface area contributed by atoms with Gasteiger partial charge in [0, 0.05) is 30.7 Å². The number of thiazole rings is 1. The molecule has 0 aliphatic carbocycles. The van der Waals surface area contributed by atoms with E-state index in [1.54, 1.807) is 23.6 Å². The molecule has 2 aromatic heterocycles. The molecule has 1 atom stereocenters. The molecule has 5 heteroatoms. The molecule has 1 amide bonds. The second-order valence-corrected chi connectivity index (χ2v) is 5.98. The van der Waals surface area contributed by atoms with Gasteiger partial charge < -0.3 is 4.90 Å². The number of hydrogen-bond acceptors (Lipinski definition) is 3. The Kier molecular flexibility index (Phi) is 3.38. The Hall–Kier alpha value is -1.62. The first-order valence-electron chi connectivity index (χ1n) is 6.61. The summed E-state index contributed by atoms with van der Waals surface area (Å²) in [6.45, 7) is 3.96. The van der Waals surface area contributed by atoms with E-state index in [4.69, 9.17) is 0 Å². The second-order valence-electron chi connectivity index (χ2n) is 5.10. The maximum absolute atomic E-state index is 12.1. The molecule has 0 bridgehead atoms. The number of rotatable bonds is 2. The number of aromatic nitrogens is 2. The van der Waals surface area contributed by atoms with Crippen LogP contribution in [0.5, 0.6) is 0 Å². The number of hydrogen-bond donors (Lipinski definition) is 0. The Bertz CT molecular complexity index is 613. The molecule has 0 radical (unpaired) electrons. The lowest BCUT2D eigenvalue weighted by atomic mass is 10.0. The van der Waals surface area contributed by atoms with Crippen LogP contribution in [-0.4, -0.2) is 33.3 Å². The third kappa shape index (κ3) is 2.56. The highest BCUT2D eigenvalue weighted by Gasteiger charge is 2.19. The predicted molar refractivity (Wildman–Crippen MR) is 77.1 cm³/mol. The highest BCUT2D eigenvalue weighted by molar-refractivity contribution is 7.15. The van der Waals surface area contributed by atoms with Gasteiger partial charge >= 0.3 is 0 Å². The molecule has 100 valence electrons. The molecule has 0 aromatic carbocycles. The molecule has 3 heterocycles. The molecule has 1 fully saturated rings. The molecule has 0 spiro atoms. The summed E-state index contributed by atoms with van der Waals surface area (Å²) < 4.78 is 1.99. The van der Waals surface area contributed by atoms with Crippen molar-refractivity contribution in [2.24, 2.45) is 5.92 Å². The number of piperidine rings is 1. The average molecular weight is 275 g/mol. The third-order valence-corrected chi connectivity index (χ3v) is 4.31. The molecule has 4 nitrogen and oxygen atoms in total. The summed E-state index contributed by atoms with van der Waals surface area (Å²) in [5.74, 6) is 0.723. The standard InChI is InChI=1S/C14H17N3OS/c1-11-3-2-6-16(10-11)13(18)5-4-12-9-15-14-17(12)7-8-19-14/h4-5,7-9,11H,2-3,6,10H2,1H3/b5-4+. The van der Waals surface area contributed by atoms with Gasteiger partial charge in [0.1, 0.15) is 0 Å². The Balaban J connectivity index is 1.72. The van der Waals surface area contributed by atoms with Crippen molar-refractivity contribution in [2.75, 3.05) is 13.1 Å². The van der Waals surface area contributed by atoms with Crippen LogP contribution in [0.15, 0.2) is 23.8 Å². The Labute approximate surface area is 116 Å². The highest BCUT2D eigenvalue weighted by atomic mass is 32.1. The first-order chi connectivity index (χ1) is 9.24. The smallest absolute Gasteiger partial charge is 0.246 e. The maximum Gasteiger partial charge on any atom is 0.246 e. The molecule has 3 rings (SSSR count). The fourth-order valence-electron chi connectivity index (χ4n) is 2.52. The van der Waals surface area contributed by atoms with E-state index in [0.29, 0.717) is 5.92 Å². The minimum Gasteiger partial charge on any atom is -0.339 e. The van der Waals surface area contributed by atoms with Gasteiger partial charge in [0.05, 0.1) is 11.9 Å². The zero-order chi connectivity index (χ0) is 13.2. The van der Waals surface area contributed by atoms with Crippen LogP contribution in [0.3, 0.4) is 0 Å². The van der Waals surface area contributed by atoms with Crippen molar-refractivity contribution in [1.29, 1.82) is 0 Å². The van der Waals surface area contributed by atoms with Gasteiger partial charge in [-0.1, -0.05) is 6.92 Å². The minimum absolute atomic E-state index is 0.108. The molecule has 1 unspecified atom stereocenters. The minimum atomic E-state index is 0.108. The van der Waals surface area contributed by atoms with Gasteiger partial charge in [-0.15, -0.1) is 11.3 Å². The topological polar surface area (TPSA) is 37.6 Å². The van der Waals surface area contributed by atoms with Crippen molar-refractivity contribution in [3.63, 3.8) is 0 Å². The van der Waals surface area contributed by atoms with Crippen LogP contribution in [0.2, 0.25) is 0 Å². The summed E-state index contributed by atoms with van der Waals surface area (Å²) >= 11 is 1.59. The van der Waals surface area contributed by atoms with E-state index in [1.165, 1.54) is 6.42 Å². The van der Waals surface area contributed by atoms with E-state index in [9.17, 15) is 4.79 Å². The van der Waals surface area contributed by atoms with Crippen molar-refractivity contribution < 1.29 is 4.79 Å². The molecule has 1 aliphatic rings. The van der Waals surface area contributed by atoms with E-state index in [1.807, 2.05) is 27.0 Å². The Morgan fingerprint density at radius 2 is 2.47 bits per heavy atom. The Morgan fingerprint density at radius 1 is 1.58 bits per heavy atom. The summed E-state index contributed by atoms with van der Waals surface area (Å²) in [4.78, 5) is 19.3. The molecule has 19 heavy (non-hydrogen) atoms. The highest BCUT2D eigenvalue weighted by Crippen LogP contribution is 2.17. The zero-order valence-corrected chi connectivity index (χ0v) is 11.8. The van der Waals surface area contributed by atoms with Gasteiger partial charge in [0.2, 0.25) is 5.91 Å². The fourth-order valence-corrected chi connectivity index (χ4v) is 3.22. The van der Waals surface area contributed by atoms with Gasteiger partial charge in [-0.25, -0.2) is 4.98 Å². The molecular weight excluding hydrogens is 258 g/mol. The lowest BCUT2D eigenvalue weighted by Crippen LogP contribution is -2.38. The van der Waals surface area contributed by atoms with E-state index in [0.717, 1.165) is 30.2 Å². The fraction of sp³-hybridized carbons (Fsp3) is 0.429. The molecule has 1 saturated heterocycles. The average Bonchev–Trinajstić information content (AvgIpc) is 2.99. The SMILES string of the molecule is CC1CCCN(C(=O)/C=C/c2cnc3sccn23)C1. The number of fused-ring (bicyclic) bond motifs is 1. The van der Waals surface area contributed by atoms with Gasteiger partial charge in [-0.3, -0.25) is 9.20 Å². The van der Waals surface area contributed by atoms with Gasteiger partial charge in [0.25, 0.3) is 0 Å². The van der Waals surface area contributed by atoms with E-state index in [-0.39, 0.29) is 5.91 Å². The van der Waals surface area contributed by atoms with E-state index in [2.05, 4.69) is 11.9 Å². The van der Waals surface area contributed by atoms with Crippen LogP contribution < -0.4 is 0 Å². The molecule has 1 aliphatic heterocycles. The number of likely N-dealkylation sites (tertiary alicyclic amines) is 1. The third-order valence-electron chi connectivity index (χ3n) is 3.54. The summed E-state index contributed by atoms with van der Waals surface area (Å²) in [5, 5.41) is 1.99. The Morgan fingerprint density at radius 3 is 3.32 bits per heavy atom. The van der Waals surface area contributed by atoms with Crippen molar-refractivity contribution in [1.82, 2.24) is 14.3 Å². The van der Waals surface area contributed by atoms with Crippen LogP contribution in [0.4, 0.5) is 0 Å². The van der Waals surface area contributed by atoms with Gasteiger partial charge in [0.15, 0.2) is 4.96 Å². The zero-order valence-electron chi connectivity index (χ0n) is 11.0. The van der Waals surface area contributed by atoms with E-state index < -0.39 is 0 Å².